The molecule has 0 unspecified atom stereocenters. The first-order chi connectivity index (χ1) is 10.6. The monoisotopic (exact) mass is 393 g/mol. The van der Waals surface area contributed by atoms with Gasteiger partial charge >= 0.3 is 0 Å². The zero-order valence-electron chi connectivity index (χ0n) is 12.6. The lowest BCUT2D eigenvalue weighted by atomic mass is 10.4. The highest BCUT2D eigenvalue weighted by Crippen LogP contribution is 2.25. The number of hydrogen-bond donors (Lipinski definition) is 0. The summed E-state index contributed by atoms with van der Waals surface area (Å²) in [5, 5.41) is 0. The molecule has 2 aromatic rings. The molecule has 0 bridgehead atoms. The van der Waals surface area contributed by atoms with Crippen LogP contribution < -0.4 is 0 Å². The Kier molecular flexibility index (Phi) is 5.52. The Balaban J connectivity index is 2.31. The zero-order valence-corrected chi connectivity index (χ0v) is 15.8. The van der Waals surface area contributed by atoms with E-state index in [2.05, 4.69) is 0 Å². The number of rotatable bonds is 6. The number of sulfone groups is 1. The first kappa shape index (κ1) is 18.4. The van der Waals surface area contributed by atoms with E-state index in [4.69, 9.17) is 11.6 Å². The van der Waals surface area contributed by atoms with Gasteiger partial charge in [-0.25, -0.2) is 16.8 Å². The maximum Gasteiger partial charge on any atom is 0.243 e. The Hall–Kier alpha value is -0.930. The Bertz CT molecular complexity index is 886. The average molecular weight is 394 g/mol. The third-order valence-corrected chi connectivity index (χ3v) is 7.48. The summed E-state index contributed by atoms with van der Waals surface area (Å²) in [7, 11) is -7.06. The Morgan fingerprint density at radius 2 is 1.57 bits per heavy atom. The van der Waals surface area contributed by atoms with Crippen molar-refractivity contribution >= 4 is 42.8 Å². The van der Waals surface area contributed by atoms with E-state index in [1.807, 2.05) is 0 Å². The van der Waals surface area contributed by atoms with Crippen molar-refractivity contribution in [1.82, 2.24) is 4.31 Å². The summed E-state index contributed by atoms with van der Waals surface area (Å²) in [6.45, 7) is 2.27. The van der Waals surface area contributed by atoms with Gasteiger partial charge in [0.25, 0.3) is 0 Å². The fraction of sp³-hybridized carbons (Fsp3) is 0.286. The minimum Gasteiger partial charge on any atom is -0.224 e. The van der Waals surface area contributed by atoms with Crippen LogP contribution in [0.25, 0.3) is 0 Å². The van der Waals surface area contributed by atoms with Gasteiger partial charge in [0.2, 0.25) is 10.0 Å². The maximum atomic E-state index is 12.7. The summed E-state index contributed by atoms with van der Waals surface area (Å²) >= 11 is 7.20. The molecule has 0 aliphatic carbocycles. The van der Waals surface area contributed by atoms with Crippen LogP contribution in [0.15, 0.2) is 46.2 Å². The van der Waals surface area contributed by atoms with Crippen molar-refractivity contribution in [2.75, 3.05) is 12.8 Å². The molecular formula is C14H16ClNO4S3. The predicted molar refractivity (Wildman–Crippen MR) is 92.2 cm³/mol. The van der Waals surface area contributed by atoms with Crippen molar-refractivity contribution in [2.24, 2.45) is 0 Å². The van der Waals surface area contributed by atoms with Crippen molar-refractivity contribution in [3.05, 3.63) is 45.6 Å². The van der Waals surface area contributed by atoms with Crippen LogP contribution in [-0.4, -0.2) is 33.9 Å². The molecule has 0 radical (unpaired) electrons. The van der Waals surface area contributed by atoms with Crippen molar-refractivity contribution in [3.8, 4) is 0 Å². The molecule has 23 heavy (non-hydrogen) atoms. The molecule has 2 rings (SSSR count). The maximum absolute atomic E-state index is 12.7. The fourth-order valence-corrected chi connectivity index (χ4v) is 5.23. The number of thiophene rings is 1. The average Bonchev–Trinajstić information content (AvgIpc) is 2.89. The van der Waals surface area contributed by atoms with Gasteiger partial charge in [0.1, 0.15) is 0 Å². The Labute approximate surface area is 145 Å². The van der Waals surface area contributed by atoms with Crippen molar-refractivity contribution in [1.29, 1.82) is 0 Å². The molecule has 0 aliphatic heterocycles. The smallest absolute Gasteiger partial charge is 0.224 e. The van der Waals surface area contributed by atoms with E-state index in [9.17, 15) is 16.8 Å². The lowest BCUT2D eigenvalue weighted by molar-refractivity contribution is 0.426. The van der Waals surface area contributed by atoms with Gasteiger partial charge in [-0.1, -0.05) is 18.5 Å². The third-order valence-electron chi connectivity index (χ3n) is 3.20. The van der Waals surface area contributed by atoms with Crippen LogP contribution in [-0.2, 0) is 26.4 Å². The van der Waals surface area contributed by atoms with E-state index < -0.39 is 19.9 Å². The van der Waals surface area contributed by atoms with Crippen molar-refractivity contribution < 1.29 is 16.8 Å². The lowest BCUT2D eigenvalue weighted by Crippen LogP contribution is -2.30. The van der Waals surface area contributed by atoms with E-state index in [-0.39, 0.29) is 16.3 Å². The Morgan fingerprint density at radius 3 is 2.00 bits per heavy atom. The molecule has 0 amide bonds. The summed E-state index contributed by atoms with van der Waals surface area (Å²) in [5.74, 6) is 0. The van der Waals surface area contributed by atoms with Gasteiger partial charge in [-0.15, -0.1) is 11.3 Å². The molecule has 0 atom stereocenters. The molecule has 0 aliphatic rings. The van der Waals surface area contributed by atoms with E-state index in [1.165, 1.54) is 39.9 Å². The number of benzene rings is 1. The summed E-state index contributed by atoms with van der Waals surface area (Å²) in [4.78, 5) is 0.993. The highest BCUT2D eigenvalue weighted by Gasteiger charge is 2.24. The van der Waals surface area contributed by atoms with Crippen LogP contribution in [0.3, 0.4) is 0 Å². The predicted octanol–water partition coefficient (Wildman–Crippen LogP) is 3.02. The minimum atomic E-state index is -3.70. The van der Waals surface area contributed by atoms with E-state index >= 15 is 0 Å². The first-order valence-electron chi connectivity index (χ1n) is 6.69. The second-order valence-electron chi connectivity index (χ2n) is 4.88. The van der Waals surface area contributed by atoms with Crippen molar-refractivity contribution in [3.63, 3.8) is 0 Å². The largest absolute Gasteiger partial charge is 0.243 e. The summed E-state index contributed by atoms with van der Waals surface area (Å²) in [6.07, 6.45) is 1.08. The lowest BCUT2D eigenvalue weighted by Gasteiger charge is -2.20. The normalized spacial score (nSPS) is 12.7. The zero-order chi connectivity index (χ0) is 17.3. The van der Waals surface area contributed by atoms with Gasteiger partial charge in [0, 0.05) is 24.2 Å². The van der Waals surface area contributed by atoms with E-state index in [0.29, 0.717) is 10.9 Å². The van der Waals surface area contributed by atoms with Gasteiger partial charge in [-0.3, -0.25) is 0 Å². The topological polar surface area (TPSA) is 71.5 Å². The van der Waals surface area contributed by atoms with Gasteiger partial charge in [-0.2, -0.15) is 4.31 Å². The summed E-state index contributed by atoms with van der Waals surface area (Å²) in [6, 6.07) is 8.75. The molecule has 0 fully saturated rings. The molecular weight excluding hydrogens is 378 g/mol. The van der Waals surface area contributed by atoms with E-state index in [1.54, 1.807) is 19.1 Å². The molecule has 1 aromatic carbocycles. The van der Waals surface area contributed by atoms with Crippen LogP contribution >= 0.6 is 22.9 Å². The minimum absolute atomic E-state index is 0.0643. The van der Waals surface area contributed by atoms with Gasteiger partial charge in [-0.05, 0) is 36.4 Å². The number of sulfonamides is 1. The van der Waals surface area contributed by atoms with Gasteiger partial charge in [0.05, 0.1) is 14.1 Å². The molecule has 0 N–H and O–H groups in total. The number of hydrogen-bond acceptors (Lipinski definition) is 5. The van der Waals surface area contributed by atoms with Crippen LogP contribution in [0, 0.1) is 0 Å². The van der Waals surface area contributed by atoms with Crippen LogP contribution in [0.4, 0.5) is 0 Å². The Morgan fingerprint density at radius 1 is 1.00 bits per heavy atom. The fourth-order valence-electron chi connectivity index (χ4n) is 1.99. The second-order valence-corrected chi connectivity index (χ2v) is 10.6. The molecule has 0 saturated heterocycles. The molecule has 1 heterocycles. The van der Waals surface area contributed by atoms with Crippen LogP contribution in [0.1, 0.15) is 11.8 Å². The van der Waals surface area contributed by atoms with Crippen molar-refractivity contribution in [2.45, 2.75) is 23.3 Å². The summed E-state index contributed by atoms with van der Waals surface area (Å²) < 4.78 is 50.2. The molecule has 1 aromatic heterocycles. The molecule has 126 valence electrons. The molecule has 0 spiro atoms. The van der Waals surface area contributed by atoms with Gasteiger partial charge in [0.15, 0.2) is 9.84 Å². The quantitative estimate of drug-likeness (QED) is 0.756. The molecule has 9 heteroatoms. The summed E-state index contributed by atoms with van der Waals surface area (Å²) in [5.41, 5.74) is 0. The highest BCUT2D eigenvalue weighted by atomic mass is 35.5. The number of nitrogens with zero attached hydrogens (tertiary/aromatic N) is 1. The standard InChI is InChI=1S/C14H16ClNO4S3/c1-3-16(10-11-4-9-14(15)21-11)23(19,20)13-7-5-12(6-8-13)22(2,17)18/h4-9H,3,10H2,1-2H3. The number of halogens is 1. The first-order valence-corrected chi connectivity index (χ1v) is 11.2. The van der Waals surface area contributed by atoms with E-state index in [0.717, 1.165) is 11.1 Å². The second kappa shape index (κ2) is 6.90. The van der Waals surface area contributed by atoms with Crippen LogP contribution in [0.5, 0.6) is 0 Å². The van der Waals surface area contributed by atoms with Gasteiger partial charge < -0.3 is 0 Å². The van der Waals surface area contributed by atoms with Crippen LogP contribution in [0.2, 0.25) is 4.34 Å². The molecule has 5 nitrogen and oxygen atoms in total. The third kappa shape index (κ3) is 4.33. The molecule has 0 saturated carbocycles. The SMILES string of the molecule is CCN(Cc1ccc(Cl)s1)S(=O)(=O)c1ccc(S(C)(=O)=O)cc1. The highest BCUT2D eigenvalue weighted by molar-refractivity contribution is 7.90.